The summed E-state index contributed by atoms with van der Waals surface area (Å²) in [6.45, 7) is 4.44. The highest BCUT2D eigenvalue weighted by molar-refractivity contribution is 7.17. The first-order valence-corrected chi connectivity index (χ1v) is 9.87. The molecule has 0 spiro atoms. The third-order valence-electron chi connectivity index (χ3n) is 4.94. The number of benzene rings is 1. The van der Waals surface area contributed by atoms with E-state index in [9.17, 15) is 18.3 Å². The van der Waals surface area contributed by atoms with Gasteiger partial charge in [-0.1, -0.05) is 30.4 Å². The van der Waals surface area contributed by atoms with E-state index in [1.807, 2.05) is 6.92 Å². The van der Waals surface area contributed by atoms with Crippen molar-refractivity contribution in [2.45, 2.75) is 25.6 Å². The summed E-state index contributed by atoms with van der Waals surface area (Å²) in [6, 6.07) is 4.84. The van der Waals surface area contributed by atoms with E-state index in [1.165, 1.54) is 28.0 Å². The third kappa shape index (κ3) is 3.47. The van der Waals surface area contributed by atoms with Gasteiger partial charge in [0.25, 0.3) is 0 Å². The maximum Gasteiger partial charge on any atom is 0.416 e. The van der Waals surface area contributed by atoms with Crippen LogP contribution in [0.2, 0.25) is 0 Å². The number of thiazole rings is 1. The molecule has 10 heteroatoms. The van der Waals surface area contributed by atoms with Crippen molar-refractivity contribution in [2.75, 3.05) is 26.3 Å². The minimum Gasteiger partial charge on any atom is -0.492 e. The van der Waals surface area contributed by atoms with Crippen LogP contribution >= 0.6 is 11.3 Å². The molecule has 6 nitrogen and oxygen atoms in total. The molecule has 0 amide bonds. The van der Waals surface area contributed by atoms with Gasteiger partial charge in [-0.15, -0.1) is 5.10 Å². The molecule has 28 heavy (non-hydrogen) atoms. The minimum absolute atomic E-state index is 0.00362. The first-order chi connectivity index (χ1) is 13.4. The average molecular weight is 413 g/mol. The Hall–Kier alpha value is -2.17. The van der Waals surface area contributed by atoms with Crippen LogP contribution in [-0.2, 0) is 17.3 Å². The summed E-state index contributed by atoms with van der Waals surface area (Å²) in [7, 11) is 0. The van der Waals surface area contributed by atoms with Gasteiger partial charge in [0.15, 0.2) is 11.9 Å². The van der Waals surface area contributed by atoms with Crippen LogP contribution in [0.25, 0.3) is 4.96 Å². The maximum absolute atomic E-state index is 13.0. The van der Waals surface area contributed by atoms with Gasteiger partial charge in [-0.25, -0.2) is 4.98 Å². The van der Waals surface area contributed by atoms with Gasteiger partial charge in [0.2, 0.25) is 10.8 Å². The van der Waals surface area contributed by atoms with E-state index in [2.05, 4.69) is 10.1 Å². The first kappa shape index (κ1) is 19.2. The van der Waals surface area contributed by atoms with Gasteiger partial charge in [-0.05, 0) is 12.1 Å². The molecule has 1 saturated heterocycles. The lowest BCUT2D eigenvalue weighted by Gasteiger charge is -2.31. The quantitative estimate of drug-likeness (QED) is 0.688. The van der Waals surface area contributed by atoms with E-state index in [1.54, 1.807) is 0 Å². The number of hydrogen-bond donors (Lipinski definition) is 2. The van der Waals surface area contributed by atoms with Crippen LogP contribution in [0.3, 0.4) is 0 Å². The number of aryl methyl sites for hydroxylation is 1. The van der Waals surface area contributed by atoms with Gasteiger partial charge in [0.05, 0.1) is 18.8 Å². The molecule has 2 aromatic heterocycles. The van der Waals surface area contributed by atoms with Gasteiger partial charge in [0, 0.05) is 12.0 Å². The summed E-state index contributed by atoms with van der Waals surface area (Å²) in [6.07, 6.45) is -3.73. The Bertz CT molecular complexity index is 962. The number of morpholine rings is 1. The van der Waals surface area contributed by atoms with E-state index in [4.69, 9.17) is 4.74 Å². The molecule has 1 aliphatic rings. The summed E-state index contributed by atoms with van der Waals surface area (Å²) in [5, 5.41) is 15.1. The molecule has 0 saturated carbocycles. The number of halogens is 3. The predicted molar refractivity (Wildman–Crippen MR) is 96.7 cm³/mol. The molecule has 1 fully saturated rings. The fourth-order valence-electron chi connectivity index (χ4n) is 3.49. The number of quaternary nitrogens is 1. The normalized spacial score (nSPS) is 17.3. The fourth-order valence-corrected chi connectivity index (χ4v) is 4.65. The highest BCUT2D eigenvalue weighted by Gasteiger charge is 2.35. The van der Waals surface area contributed by atoms with Crippen molar-refractivity contribution < 1.29 is 27.9 Å². The Balaban J connectivity index is 1.78. The largest absolute Gasteiger partial charge is 0.492 e. The summed E-state index contributed by atoms with van der Waals surface area (Å²) in [5.74, 6) is 0.633. The minimum atomic E-state index is -4.38. The number of fused-ring (bicyclic) bond motifs is 1. The van der Waals surface area contributed by atoms with Crippen LogP contribution in [0.5, 0.6) is 5.88 Å². The van der Waals surface area contributed by atoms with Crippen LogP contribution in [0, 0.1) is 0 Å². The monoisotopic (exact) mass is 413 g/mol. The molecule has 3 heterocycles. The van der Waals surface area contributed by atoms with Crippen molar-refractivity contribution in [3.05, 3.63) is 46.1 Å². The van der Waals surface area contributed by atoms with E-state index < -0.39 is 11.7 Å². The summed E-state index contributed by atoms with van der Waals surface area (Å²) < 4.78 is 45.7. The van der Waals surface area contributed by atoms with Crippen molar-refractivity contribution in [1.29, 1.82) is 0 Å². The zero-order valence-corrected chi connectivity index (χ0v) is 16.0. The molecule has 0 bridgehead atoms. The molecule has 0 unspecified atom stereocenters. The molecule has 1 aliphatic heterocycles. The highest BCUT2D eigenvalue weighted by Crippen LogP contribution is 2.36. The molecular formula is C18H20F3N4O2S+. The lowest BCUT2D eigenvalue weighted by Crippen LogP contribution is -3.14. The second kappa shape index (κ2) is 7.34. The Morgan fingerprint density at radius 2 is 1.93 bits per heavy atom. The molecule has 1 atom stereocenters. The highest BCUT2D eigenvalue weighted by atomic mass is 32.1. The van der Waals surface area contributed by atoms with Gasteiger partial charge >= 0.3 is 6.18 Å². The number of ether oxygens (including phenoxy) is 1. The van der Waals surface area contributed by atoms with Gasteiger partial charge in [-0.2, -0.15) is 17.7 Å². The molecule has 2 N–H and O–H groups in total. The summed E-state index contributed by atoms with van der Waals surface area (Å²) in [5.41, 5.74) is 0.0202. The smallest absolute Gasteiger partial charge is 0.416 e. The van der Waals surface area contributed by atoms with Gasteiger partial charge in [0.1, 0.15) is 18.0 Å². The van der Waals surface area contributed by atoms with Crippen LogP contribution < -0.4 is 4.90 Å². The Morgan fingerprint density at radius 1 is 1.25 bits per heavy atom. The zero-order chi connectivity index (χ0) is 19.9. The van der Waals surface area contributed by atoms with Crippen molar-refractivity contribution >= 4 is 16.3 Å². The molecule has 150 valence electrons. The number of alkyl halides is 3. The second-order valence-electron chi connectivity index (χ2n) is 6.69. The summed E-state index contributed by atoms with van der Waals surface area (Å²) >= 11 is 1.32. The van der Waals surface area contributed by atoms with Gasteiger partial charge < -0.3 is 14.7 Å². The van der Waals surface area contributed by atoms with E-state index >= 15 is 0 Å². The Labute approximate surface area is 163 Å². The van der Waals surface area contributed by atoms with E-state index in [-0.39, 0.29) is 11.9 Å². The molecule has 1 aromatic carbocycles. The third-order valence-corrected chi connectivity index (χ3v) is 6.02. The van der Waals surface area contributed by atoms with Crippen molar-refractivity contribution in [3.63, 3.8) is 0 Å². The number of aromatic nitrogens is 3. The van der Waals surface area contributed by atoms with Crippen LogP contribution in [0.15, 0.2) is 24.3 Å². The SMILES string of the molecule is CCc1nc2sc([C@H](c3ccc(C(F)(F)F)cc3)[NH+]3CCOCC3)c(O)n2n1. The second-order valence-corrected chi connectivity index (χ2v) is 7.70. The van der Waals surface area contributed by atoms with Crippen LogP contribution in [-0.4, -0.2) is 46.0 Å². The molecule has 4 rings (SSSR count). The van der Waals surface area contributed by atoms with Crippen molar-refractivity contribution in [3.8, 4) is 5.88 Å². The van der Waals surface area contributed by atoms with E-state index in [0.29, 0.717) is 53.9 Å². The topological polar surface area (TPSA) is 64.1 Å². The van der Waals surface area contributed by atoms with Crippen molar-refractivity contribution in [1.82, 2.24) is 14.6 Å². The fraction of sp³-hybridized carbons (Fsp3) is 0.444. The van der Waals surface area contributed by atoms with Crippen LogP contribution in [0.1, 0.15) is 34.8 Å². The Morgan fingerprint density at radius 3 is 2.50 bits per heavy atom. The molecule has 0 radical (unpaired) electrons. The lowest BCUT2D eigenvalue weighted by molar-refractivity contribution is -0.932. The molecular weight excluding hydrogens is 393 g/mol. The number of aromatic hydroxyl groups is 1. The summed E-state index contributed by atoms with van der Waals surface area (Å²) in [4.78, 5) is 6.76. The van der Waals surface area contributed by atoms with Crippen LogP contribution in [0.4, 0.5) is 13.2 Å². The predicted octanol–water partition coefficient (Wildman–Crippen LogP) is 2.08. The zero-order valence-electron chi connectivity index (χ0n) is 15.2. The molecule has 0 aliphatic carbocycles. The van der Waals surface area contributed by atoms with Gasteiger partial charge in [-0.3, -0.25) is 0 Å². The average Bonchev–Trinajstić information content (AvgIpc) is 3.22. The van der Waals surface area contributed by atoms with Crippen molar-refractivity contribution in [2.24, 2.45) is 0 Å². The van der Waals surface area contributed by atoms with E-state index in [0.717, 1.165) is 17.0 Å². The first-order valence-electron chi connectivity index (χ1n) is 9.05. The maximum atomic E-state index is 13.0. The lowest BCUT2D eigenvalue weighted by atomic mass is 10.0. The number of hydrogen-bond acceptors (Lipinski definition) is 5. The standard InChI is InChI=1S/C18H19F3N4O2S/c1-2-13-22-17-25(23-13)16(26)15(28-17)14(24-7-9-27-10-8-24)11-3-5-12(6-4-11)18(19,20)21/h3-6,14,26H,2,7-10H2,1H3/p+1/t14-/m0/s1. The number of nitrogens with one attached hydrogen (secondary N) is 1. The number of rotatable bonds is 4. The number of nitrogens with zero attached hydrogens (tertiary/aromatic N) is 3. The molecule has 3 aromatic rings. The Kier molecular flexibility index (Phi) is 5.02.